The normalized spacial score (nSPS) is 13.7. The maximum Gasteiger partial charge on any atom is 0.262 e. The predicted octanol–water partition coefficient (Wildman–Crippen LogP) is 7.48. The Balaban J connectivity index is 1.88. The summed E-state index contributed by atoms with van der Waals surface area (Å²) in [5, 5.41) is 2.31. The van der Waals surface area contributed by atoms with E-state index in [-0.39, 0.29) is 5.91 Å². The third-order valence-corrected chi connectivity index (χ3v) is 7.41. The third kappa shape index (κ3) is 4.25. The lowest BCUT2D eigenvalue weighted by Gasteiger charge is -2.36. The summed E-state index contributed by atoms with van der Waals surface area (Å²) in [4.78, 5) is 18.6. The fraction of sp³-hybridized carbons (Fsp3) is 0.240. The summed E-state index contributed by atoms with van der Waals surface area (Å²) < 4.78 is 0. The molecule has 0 N–H and O–H groups in total. The van der Waals surface area contributed by atoms with Gasteiger partial charge in [0.25, 0.3) is 5.91 Å². The second-order valence-electron chi connectivity index (χ2n) is 7.69. The number of unbranched alkanes of at least 4 members (excludes halogenated alkanes) is 1. The molecule has 160 valence electrons. The Hall–Kier alpha value is -2.27. The van der Waals surface area contributed by atoms with Crippen LogP contribution in [-0.2, 0) is 6.42 Å². The Labute approximate surface area is 197 Å². The standard InChI is InChI=1S/C25H24Cl2N2OS/c1-4-5-13-29-16(2)28(3)25-22(24(29)30)21(14-17-9-11-19(26)12-10-17)23(31-25)18-7-6-8-20(27)15-18/h6-12,15H,2,4-5,13-14H2,1,3H3. The van der Waals surface area contributed by atoms with Gasteiger partial charge in [-0.15, -0.1) is 11.3 Å². The summed E-state index contributed by atoms with van der Waals surface area (Å²) in [5.74, 6) is 0.753. The number of halogens is 2. The van der Waals surface area contributed by atoms with Crippen LogP contribution in [0.1, 0.15) is 41.3 Å². The number of carbonyl (C=O) groups is 1. The molecule has 2 aromatic carbocycles. The van der Waals surface area contributed by atoms with E-state index in [0.29, 0.717) is 23.0 Å². The van der Waals surface area contributed by atoms with E-state index in [0.717, 1.165) is 50.8 Å². The van der Waals surface area contributed by atoms with Gasteiger partial charge in [0.2, 0.25) is 0 Å². The van der Waals surface area contributed by atoms with Crippen molar-refractivity contribution in [2.75, 3.05) is 18.5 Å². The number of hydrogen-bond acceptors (Lipinski definition) is 3. The van der Waals surface area contributed by atoms with Crippen molar-refractivity contribution >= 4 is 45.4 Å². The van der Waals surface area contributed by atoms with E-state index in [1.165, 1.54) is 0 Å². The number of anilines is 1. The molecule has 0 saturated heterocycles. The third-order valence-electron chi connectivity index (χ3n) is 5.57. The van der Waals surface area contributed by atoms with E-state index >= 15 is 0 Å². The van der Waals surface area contributed by atoms with Gasteiger partial charge in [0.1, 0.15) is 10.8 Å². The predicted molar refractivity (Wildman–Crippen MR) is 133 cm³/mol. The van der Waals surface area contributed by atoms with Crippen molar-refractivity contribution in [3.63, 3.8) is 0 Å². The summed E-state index contributed by atoms with van der Waals surface area (Å²) >= 11 is 14.0. The van der Waals surface area contributed by atoms with Crippen molar-refractivity contribution in [2.24, 2.45) is 0 Å². The van der Waals surface area contributed by atoms with E-state index in [4.69, 9.17) is 23.2 Å². The lowest BCUT2D eigenvalue weighted by atomic mass is 9.96. The van der Waals surface area contributed by atoms with Crippen LogP contribution in [0.2, 0.25) is 10.0 Å². The average Bonchev–Trinajstić information content (AvgIpc) is 3.13. The van der Waals surface area contributed by atoms with E-state index in [1.807, 2.05) is 65.4 Å². The molecule has 0 spiro atoms. The van der Waals surface area contributed by atoms with Gasteiger partial charge in [0, 0.05) is 28.5 Å². The zero-order valence-corrected chi connectivity index (χ0v) is 19.9. The van der Waals surface area contributed by atoms with Crippen molar-refractivity contribution in [3.05, 3.63) is 87.7 Å². The van der Waals surface area contributed by atoms with Crippen LogP contribution in [0, 0.1) is 0 Å². The molecule has 3 nitrogen and oxygen atoms in total. The molecule has 1 aliphatic rings. The highest BCUT2D eigenvalue weighted by Crippen LogP contribution is 2.47. The molecule has 0 saturated carbocycles. The van der Waals surface area contributed by atoms with E-state index in [9.17, 15) is 4.79 Å². The quantitative estimate of drug-likeness (QED) is 0.372. The van der Waals surface area contributed by atoms with Gasteiger partial charge in [0.05, 0.1) is 5.56 Å². The Bertz CT molecular complexity index is 1140. The zero-order chi connectivity index (χ0) is 22.1. The van der Waals surface area contributed by atoms with Crippen LogP contribution in [0.3, 0.4) is 0 Å². The second kappa shape index (κ2) is 9.07. The Morgan fingerprint density at radius 1 is 1.06 bits per heavy atom. The van der Waals surface area contributed by atoms with Crippen molar-refractivity contribution < 1.29 is 4.79 Å². The molecular weight excluding hydrogens is 447 g/mol. The number of fused-ring (bicyclic) bond motifs is 1. The molecule has 2 heterocycles. The molecule has 1 amide bonds. The molecular formula is C25H24Cl2N2OS. The van der Waals surface area contributed by atoms with Gasteiger partial charge in [-0.05, 0) is 53.8 Å². The highest BCUT2D eigenvalue weighted by atomic mass is 35.5. The first-order valence-corrected chi connectivity index (χ1v) is 11.9. The molecule has 0 unspecified atom stereocenters. The maximum absolute atomic E-state index is 13.7. The molecule has 1 aromatic heterocycles. The number of rotatable bonds is 6. The Morgan fingerprint density at radius 3 is 2.48 bits per heavy atom. The molecule has 6 heteroatoms. The first-order chi connectivity index (χ1) is 14.9. The van der Waals surface area contributed by atoms with Crippen molar-refractivity contribution in [1.29, 1.82) is 0 Å². The molecule has 1 aliphatic heterocycles. The molecule has 0 fully saturated rings. The molecule has 3 aromatic rings. The molecule has 4 rings (SSSR count). The van der Waals surface area contributed by atoms with E-state index < -0.39 is 0 Å². The van der Waals surface area contributed by atoms with Gasteiger partial charge in [-0.3, -0.25) is 9.69 Å². The SMILES string of the molecule is C=C1N(CCCC)C(=O)c2c(sc(-c3cccc(Cl)c3)c2Cc2ccc(Cl)cc2)N1C. The van der Waals surface area contributed by atoms with Gasteiger partial charge in [-0.25, -0.2) is 0 Å². The number of nitrogens with zero attached hydrogens (tertiary/aromatic N) is 2. The van der Waals surface area contributed by atoms with Crippen LogP contribution in [-0.4, -0.2) is 24.4 Å². The average molecular weight is 471 g/mol. The summed E-state index contributed by atoms with van der Waals surface area (Å²) in [7, 11) is 1.98. The number of benzene rings is 2. The summed E-state index contributed by atoms with van der Waals surface area (Å²) in [5.41, 5.74) is 3.91. The second-order valence-corrected chi connectivity index (χ2v) is 9.56. The monoisotopic (exact) mass is 470 g/mol. The minimum absolute atomic E-state index is 0.0278. The first-order valence-electron chi connectivity index (χ1n) is 10.3. The minimum atomic E-state index is 0.0278. The van der Waals surface area contributed by atoms with Gasteiger partial charge in [-0.2, -0.15) is 0 Å². The molecule has 0 bridgehead atoms. The van der Waals surface area contributed by atoms with Crippen LogP contribution in [0.15, 0.2) is 60.9 Å². The molecule has 0 atom stereocenters. The molecule has 0 radical (unpaired) electrons. The minimum Gasteiger partial charge on any atom is -0.322 e. The number of thiophene rings is 1. The number of carbonyl (C=O) groups excluding carboxylic acids is 1. The number of amides is 1. The summed E-state index contributed by atoms with van der Waals surface area (Å²) in [6.45, 7) is 6.99. The highest BCUT2D eigenvalue weighted by Gasteiger charge is 2.36. The van der Waals surface area contributed by atoms with Gasteiger partial charge in [-0.1, -0.05) is 67.4 Å². The fourth-order valence-corrected chi connectivity index (χ4v) is 5.45. The van der Waals surface area contributed by atoms with Gasteiger partial charge >= 0.3 is 0 Å². The van der Waals surface area contributed by atoms with Crippen LogP contribution < -0.4 is 4.90 Å². The maximum atomic E-state index is 13.7. The number of hydrogen-bond donors (Lipinski definition) is 0. The summed E-state index contributed by atoms with van der Waals surface area (Å²) in [6.07, 6.45) is 2.59. The van der Waals surface area contributed by atoms with Crippen molar-refractivity contribution in [3.8, 4) is 10.4 Å². The molecule has 31 heavy (non-hydrogen) atoms. The topological polar surface area (TPSA) is 23.6 Å². The fourth-order valence-electron chi connectivity index (χ4n) is 3.84. The van der Waals surface area contributed by atoms with Crippen molar-refractivity contribution in [1.82, 2.24) is 4.90 Å². The Kier molecular flexibility index (Phi) is 6.42. The van der Waals surface area contributed by atoms with E-state index in [2.05, 4.69) is 13.5 Å². The molecule has 0 aliphatic carbocycles. The van der Waals surface area contributed by atoms with Crippen LogP contribution in [0.5, 0.6) is 0 Å². The summed E-state index contributed by atoms with van der Waals surface area (Å²) in [6, 6.07) is 15.6. The van der Waals surface area contributed by atoms with Gasteiger partial charge < -0.3 is 4.90 Å². The first kappa shape index (κ1) is 21.9. The lowest BCUT2D eigenvalue weighted by Crippen LogP contribution is -2.42. The Morgan fingerprint density at radius 2 is 1.81 bits per heavy atom. The highest BCUT2D eigenvalue weighted by molar-refractivity contribution is 7.20. The van der Waals surface area contributed by atoms with Crippen LogP contribution in [0.25, 0.3) is 10.4 Å². The van der Waals surface area contributed by atoms with Gasteiger partial charge in [0.15, 0.2) is 0 Å². The lowest BCUT2D eigenvalue weighted by molar-refractivity contribution is 0.0793. The van der Waals surface area contributed by atoms with E-state index in [1.54, 1.807) is 11.3 Å². The smallest absolute Gasteiger partial charge is 0.262 e. The van der Waals surface area contributed by atoms with Crippen LogP contribution in [0.4, 0.5) is 5.00 Å². The van der Waals surface area contributed by atoms with Crippen molar-refractivity contribution in [2.45, 2.75) is 26.2 Å². The zero-order valence-electron chi connectivity index (χ0n) is 17.6. The van der Waals surface area contributed by atoms with Crippen LogP contribution >= 0.6 is 34.5 Å². The largest absolute Gasteiger partial charge is 0.322 e.